The molecule has 0 bridgehead atoms. The molecule has 1 atom stereocenters. The second kappa shape index (κ2) is 4.79. The zero-order valence-electron chi connectivity index (χ0n) is 9.15. The Bertz CT molecular complexity index is 348. The van der Waals surface area contributed by atoms with Crippen LogP contribution in [0.5, 0.6) is 0 Å². The predicted molar refractivity (Wildman–Crippen MR) is 56.4 cm³/mol. The molecule has 0 saturated carbocycles. The summed E-state index contributed by atoms with van der Waals surface area (Å²) in [5.41, 5.74) is 6.04. The fraction of sp³-hybridized carbons (Fsp3) is 0.556. The van der Waals surface area contributed by atoms with Gasteiger partial charge in [0.25, 0.3) is 5.91 Å². The Kier molecular flexibility index (Phi) is 3.68. The summed E-state index contributed by atoms with van der Waals surface area (Å²) in [5.74, 6) is 0.127. The fourth-order valence-electron chi connectivity index (χ4n) is 1.04. The van der Waals surface area contributed by atoms with Crippen LogP contribution in [0.3, 0.4) is 0 Å². The van der Waals surface area contributed by atoms with Crippen LogP contribution in [0.4, 0.5) is 5.82 Å². The number of amides is 1. The molecule has 84 valence electrons. The van der Waals surface area contributed by atoms with Gasteiger partial charge in [0.05, 0.1) is 12.3 Å². The van der Waals surface area contributed by atoms with E-state index < -0.39 is 0 Å². The summed E-state index contributed by atoms with van der Waals surface area (Å²) in [6, 6.07) is 0. The largest absolute Gasteiger partial charge is 0.383 e. The molecule has 3 N–H and O–H groups in total. The topological polar surface area (TPSA) is 82.2 Å². The number of nitrogens with two attached hydrogens (primary N) is 1. The molecule has 1 aromatic heterocycles. The minimum Gasteiger partial charge on any atom is -0.383 e. The van der Waals surface area contributed by atoms with Gasteiger partial charge in [-0.3, -0.25) is 9.48 Å². The van der Waals surface area contributed by atoms with Gasteiger partial charge in [-0.1, -0.05) is 0 Å². The van der Waals surface area contributed by atoms with E-state index in [1.807, 2.05) is 6.92 Å². The van der Waals surface area contributed by atoms with Gasteiger partial charge in [0.1, 0.15) is 11.4 Å². The van der Waals surface area contributed by atoms with E-state index in [0.717, 1.165) is 0 Å². The Morgan fingerprint density at radius 3 is 2.93 bits per heavy atom. The van der Waals surface area contributed by atoms with Crippen molar-refractivity contribution in [1.82, 2.24) is 15.1 Å². The zero-order chi connectivity index (χ0) is 11.4. The third-order valence-electron chi connectivity index (χ3n) is 2.18. The lowest BCUT2D eigenvalue weighted by Gasteiger charge is -2.10. The molecular weight excluding hydrogens is 196 g/mol. The Morgan fingerprint density at radius 2 is 2.47 bits per heavy atom. The van der Waals surface area contributed by atoms with Crippen LogP contribution in [0.1, 0.15) is 17.3 Å². The van der Waals surface area contributed by atoms with Crippen LogP contribution < -0.4 is 11.1 Å². The first-order valence-electron chi connectivity index (χ1n) is 4.64. The second-order valence-corrected chi connectivity index (χ2v) is 3.32. The van der Waals surface area contributed by atoms with Gasteiger partial charge in [-0.2, -0.15) is 5.10 Å². The number of methoxy groups -OCH3 is 1. The van der Waals surface area contributed by atoms with Crippen LogP contribution in [0, 0.1) is 0 Å². The standard InChI is InChI=1S/C9H16N4O2/c1-6(15-3)4-11-9(14)7-5-12-13(2)8(7)10/h5-6H,4,10H2,1-3H3,(H,11,14). The Labute approximate surface area is 88.4 Å². The van der Waals surface area contributed by atoms with Gasteiger partial charge in [-0.15, -0.1) is 0 Å². The molecule has 1 aromatic rings. The first kappa shape index (κ1) is 11.5. The molecule has 15 heavy (non-hydrogen) atoms. The number of nitrogen functional groups attached to an aromatic ring is 1. The predicted octanol–water partition coefficient (Wildman–Crippen LogP) is -0.233. The quantitative estimate of drug-likeness (QED) is 0.722. The molecule has 0 spiro atoms. The van der Waals surface area contributed by atoms with Gasteiger partial charge in [0.15, 0.2) is 0 Å². The molecule has 6 nitrogen and oxygen atoms in total. The highest BCUT2D eigenvalue weighted by Gasteiger charge is 2.13. The average Bonchev–Trinajstić information content (AvgIpc) is 2.56. The Balaban J connectivity index is 2.58. The molecule has 6 heteroatoms. The summed E-state index contributed by atoms with van der Waals surface area (Å²) >= 11 is 0. The van der Waals surface area contributed by atoms with E-state index in [-0.39, 0.29) is 12.0 Å². The van der Waals surface area contributed by atoms with E-state index in [4.69, 9.17) is 10.5 Å². The van der Waals surface area contributed by atoms with Gasteiger partial charge in [0, 0.05) is 20.7 Å². The summed E-state index contributed by atoms with van der Waals surface area (Å²) in [6.07, 6.45) is 1.43. The number of carbonyl (C=O) groups excluding carboxylic acids is 1. The second-order valence-electron chi connectivity index (χ2n) is 3.32. The number of rotatable bonds is 4. The summed E-state index contributed by atoms with van der Waals surface area (Å²) in [5, 5.41) is 6.59. The van der Waals surface area contributed by atoms with E-state index in [9.17, 15) is 4.79 Å². The number of carbonyl (C=O) groups is 1. The maximum Gasteiger partial charge on any atom is 0.256 e. The van der Waals surface area contributed by atoms with E-state index in [1.165, 1.54) is 10.9 Å². The number of hydrogen-bond donors (Lipinski definition) is 2. The van der Waals surface area contributed by atoms with E-state index in [1.54, 1.807) is 14.2 Å². The minimum atomic E-state index is -0.232. The summed E-state index contributed by atoms with van der Waals surface area (Å²) in [7, 11) is 3.28. The molecule has 0 fully saturated rings. The van der Waals surface area contributed by atoms with Gasteiger partial charge in [-0.05, 0) is 6.92 Å². The van der Waals surface area contributed by atoms with E-state index >= 15 is 0 Å². The molecule has 1 unspecified atom stereocenters. The van der Waals surface area contributed by atoms with Crippen LogP contribution in [0.2, 0.25) is 0 Å². The molecule has 1 heterocycles. The molecule has 1 rings (SSSR count). The first-order chi connectivity index (χ1) is 7.06. The smallest absolute Gasteiger partial charge is 0.256 e. The van der Waals surface area contributed by atoms with Gasteiger partial charge < -0.3 is 15.8 Å². The maximum atomic E-state index is 11.6. The average molecular weight is 212 g/mol. The number of anilines is 1. The molecule has 0 aromatic carbocycles. The Hall–Kier alpha value is -1.56. The lowest BCUT2D eigenvalue weighted by atomic mass is 10.3. The third-order valence-corrected chi connectivity index (χ3v) is 2.18. The minimum absolute atomic E-state index is 0.0214. The van der Waals surface area contributed by atoms with Gasteiger partial charge in [-0.25, -0.2) is 0 Å². The number of aromatic nitrogens is 2. The normalized spacial score (nSPS) is 12.5. The molecule has 0 aliphatic carbocycles. The van der Waals surface area contributed by atoms with Crippen molar-refractivity contribution in [2.24, 2.45) is 7.05 Å². The van der Waals surface area contributed by atoms with Crippen molar-refractivity contribution in [2.75, 3.05) is 19.4 Å². The monoisotopic (exact) mass is 212 g/mol. The highest BCUT2D eigenvalue weighted by Crippen LogP contribution is 2.08. The SMILES string of the molecule is COC(C)CNC(=O)c1cnn(C)c1N. The molecule has 0 radical (unpaired) electrons. The number of ether oxygens (including phenoxy) is 1. The van der Waals surface area contributed by atoms with Crippen molar-refractivity contribution >= 4 is 11.7 Å². The van der Waals surface area contributed by atoms with Gasteiger partial charge in [0.2, 0.25) is 0 Å². The van der Waals surface area contributed by atoms with Crippen molar-refractivity contribution in [3.05, 3.63) is 11.8 Å². The molecule has 0 aliphatic rings. The van der Waals surface area contributed by atoms with Crippen LogP contribution in [0.15, 0.2) is 6.20 Å². The lowest BCUT2D eigenvalue weighted by Crippen LogP contribution is -2.31. The van der Waals surface area contributed by atoms with Crippen molar-refractivity contribution in [1.29, 1.82) is 0 Å². The van der Waals surface area contributed by atoms with Crippen LogP contribution >= 0.6 is 0 Å². The highest BCUT2D eigenvalue weighted by atomic mass is 16.5. The first-order valence-corrected chi connectivity index (χ1v) is 4.64. The van der Waals surface area contributed by atoms with Crippen molar-refractivity contribution in [2.45, 2.75) is 13.0 Å². The number of nitrogens with one attached hydrogen (secondary N) is 1. The highest BCUT2D eigenvalue weighted by molar-refractivity contribution is 5.98. The van der Waals surface area contributed by atoms with Crippen molar-refractivity contribution in [3.63, 3.8) is 0 Å². The van der Waals surface area contributed by atoms with Crippen molar-refractivity contribution < 1.29 is 9.53 Å². The van der Waals surface area contributed by atoms with Crippen molar-refractivity contribution in [3.8, 4) is 0 Å². The molecule has 0 aliphatic heterocycles. The summed E-state index contributed by atoms with van der Waals surface area (Å²) in [6.45, 7) is 2.32. The molecular formula is C9H16N4O2. The van der Waals surface area contributed by atoms with Crippen LogP contribution in [-0.2, 0) is 11.8 Å². The van der Waals surface area contributed by atoms with Crippen LogP contribution in [0.25, 0.3) is 0 Å². The number of aryl methyl sites for hydroxylation is 1. The molecule has 1 amide bonds. The number of hydrogen-bond acceptors (Lipinski definition) is 4. The van der Waals surface area contributed by atoms with E-state index in [0.29, 0.717) is 17.9 Å². The van der Waals surface area contributed by atoms with Crippen LogP contribution in [-0.4, -0.2) is 35.4 Å². The van der Waals surface area contributed by atoms with E-state index in [2.05, 4.69) is 10.4 Å². The lowest BCUT2D eigenvalue weighted by molar-refractivity contribution is 0.0871. The maximum absolute atomic E-state index is 11.6. The van der Waals surface area contributed by atoms with Gasteiger partial charge >= 0.3 is 0 Å². The summed E-state index contributed by atoms with van der Waals surface area (Å²) < 4.78 is 6.46. The Morgan fingerprint density at radius 1 is 1.80 bits per heavy atom. The zero-order valence-corrected chi connectivity index (χ0v) is 9.15. The fourth-order valence-corrected chi connectivity index (χ4v) is 1.04. The number of nitrogens with zero attached hydrogens (tertiary/aromatic N) is 2. The summed E-state index contributed by atoms with van der Waals surface area (Å²) in [4.78, 5) is 11.6. The molecule has 0 saturated heterocycles. The third kappa shape index (κ3) is 2.69.